The Hall–Kier alpha value is -1.32. The molecular formula is C10H15N3O. The molecule has 0 spiro atoms. The van der Waals surface area contributed by atoms with Gasteiger partial charge >= 0.3 is 0 Å². The molecule has 0 atom stereocenters. The van der Waals surface area contributed by atoms with Gasteiger partial charge < -0.3 is 4.90 Å². The summed E-state index contributed by atoms with van der Waals surface area (Å²) in [5.74, 6) is 0.121. The lowest BCUT2D eigenvalue weighted by atomic mass is 10.1. The minimum absolute atomic E-state index is 0.121. The molecule has 1 N–H and O–H groups in total. The summed E-state index contributed by atoms with van der Waals surface area (Å²) in [6, 6.07) is 0. The lowest BCUT2D eigenvalue weighted by molar-refractivity contribution is 0.0723. The van der Waals surface area contributed by atoms with E-state index in [2.05, 4.69) is 10.2 Å². The molecule has 1 amide bonds. The predicted molar refractivity (Wildman–Crippen MR) is 53.1 cm³/mol. The third kappa shape index (κ3) is 1.64. The van der Waals surface area contributed by atoms with E-state index in [0.29, 0.717) is 5.56 Å². The van der Waals surface area contributed by atoms with E-state index >= 15 is 0 Å². The quantitative estimate of drug-likeness (QED) is 0.731. The first-order chi connectivity index (χ1) is 6.79. The second-order valence-corrected chi connectivity index (χ2v) is 3.76. The normalized spacial score (nSPS) is 17.1. The van der Waals surface area contributed by atoms with Gasteiger partial charge in [-0.2, -0.15) is 5.10 Å². The van der Waals surface area contributed by atoms with Crippen LogP contribution in [0, 0.1) is 6.92 Å². The van der Waals surface area contributed by atoms with Crippen molar-refractivity contribution in [1.82, 2.24) is 15.1 Å². The second-order valence-electron chi connectivity index (χ2n) is 3.76. The van der Waals surface area contributed by atoms with Gasteiger partial charge in [-0.15, -0.1) is 0 Å². The molecule has 1 aliphatic heterocycles. The number of aromatic nitrogens is 2. The molecule has 76 valence electrons. The van der Waals surface area contributed by atoms with Gasteiger partial charge in [-0.3, -0.25) is 9.89 Å². The minimum Gasteiger partial charge on any atom is -0.339 e. The van der Waals surface area contributed by atoms with Crippen molar-refractivity contribution in [3.63, 3.8) is 0 Å². The first-order valence-electron chi connectivity index (χ1n) is 5.08. The molecule has 0 bridgehead atoms. The zero-order valence-corrected chi connectivity index (χ0v) is 8.42. The monoisotopic (exact) mass is 193 g/mol. The molecule has 2 rings (SSSR count). The molecule has 1 aromatic heterocycles. The van der Waals surface area contributed by atoms with Crippen LogP contribution in [0.25, 0.3) is 0 Å². The van der Waals surface area contributed by atoms with Gasteiger partial charge in [-0.05, 0) is 26.2 Å². The van der Waals surface area contributed by atoms with E-state index in [4.69, 9.17) is 0 Å². The van der Waals surface area contributed by atoms with Crippen LogP contribution in [0.15, 0.2) is 6.20 Å². The van der Waals surface area contributed by atoms with Crippen LogP contribution >= 0.6 is 0 Å². The smallest absolute Gasteiger partial charge is 0.257 e. The average molecular weight is 193 g/mol. The Morgan fingerprint density at radius 3 is 2.71 bits per heavy atom. The van der Waals surface area contributed by atoms with Crippen LogP contribution < -0.4 is 0 Å². The highest BCUT2D eigenvalue weighted by atomic mass is 16.2. The van der Waals surface area contributed by atoms with Gasteiger partial charge in [0.05, 0.1) is 11.8 Å². The number of carbonyl (C=O) groups is 1. The van der Waals surface area contributed by atoms with Crippen molar-refractivity contribution in [1.29, 1.82) is 0 Å². The van der Waals surface area contributed by atoms with E-state index in [1.807, 2.05) is 11.8 Å². The Morgan fingerprint density at radius 1 is 1.43 bits per heavy atom. The molecule has 1 aromatic rings. The molecule has 0 aromatic carbocycles. The van der Waals surface area contributed by atoms with E-state index in [9.17, 15) is 4.79 Å². The zero-order chi connectivity index (χ0) is 9.97. The van der Waals surface area contributed by atoms with E-state index in [0.717, 1.165) is 31.6 Å². The number of carbonyl (C=O) groups excluding carboxylic acids is 1. The summed E-state index contributed by atoms with van der Waals surface area (Å²) in [5.41, 5.74) is 1.58. The predicted octanol–water partition coefficient (Wildman–Crippen LogP) is 1.34. The summed E-state index contributed by atoms with van der Waals surface area (Å²) < 4.78 is 0. The maximum Gasteiger partial charge on any atom is 0.257 e. The summed E-state index contributed by atoms with van der Waals surface area (Å²) in [4.78, 5) is 13.9. The van der Waals surface area contributed by atoms with Crippen molar-refractivity contribution in [3.05, 3.63) is 17.5 Å². The highest BCUT2D eigenvalue weighted by Crippen LogP contribution is 2.13. The molecule has 1 aliphatic rings. The molecule has 2 heterocycles. The number of nitrogens with one attached hydrogen (secondary N) is 1. The molecule has 14 heavy (non-hydrogen) atoms. The highest BCUT2D eigenvalue weighted by Gasteiger charge is 2.20. The van der Waals surface area contributed by atoms with Gasteiger partial charge in [-0.1, -0.05) is 0 Å². The van der Waals surface area contributed by atoms with Crippen molar-refractivity contribution in [3.8, 4) is 0 Å². The standard InChI is InChI=1S/C10H15N3O/c1-8-9(7-11-12-8)10(14)13-5-3-2-4-6-13/h7H,2-6H2,1H3,(H,11,12). The van der Waals surface area contributed by atoms with Gasteiger partial charge in [-0.25, -0.2) is 0 Å². The number of H-pyrrole nitrogens is 1. The molecule has 1 saturated heterocycles. The number of likely N-dealkylation sites (tertiary alicyclic amines) is 1. The lowest BCUT2D eigenvalue weighted by Crippen LogP contribution is -2.35. The number of amides is 1. The Morgan fingerprint density at radius 2 is 2.14 bits per heavy atom. The van der Waals surface area contributed by atoms with E-state index in [1.54, 1.807) is 6.20 Å². The fourth-order valence-corrected chi connectivity index (χ4v) is 1.83. The van der Waals surface area contributed by atoms with Crippen molar-refractivity contribution in [2.24, 2.45) is 0 Å². The third-order valence-corrected chi connectivity index (χ3v) is 2.70. The summed E-state index contributed by atoms with van der Waals surface area (Å²) in [6.07, 6.45) is 5.12. The van der Waals surface area contributed by atoms with Crippen LogP contribution in [0.3, 0.4) is 0 Å². The van der Waals surface area contributed by atoms with Crippen LogP contribution in [-0.2, 0) is 0 Å². The van der Waals surface area contributed by atoms with Crippen molar-refractivity contribution in [2.45, 2.75) is 26.2 Å². The number of hydrogen-bond acceptors (Lipinski definition) is 2. The van der Waals surface area contributed by atoms with E-state index < -0.39 is 0 Å². The Bertz CT molecular complexity index is 326. The molecule has 0 unspecified atom stereocenters. The SMILES string of the molecule is Cc1[nH]ncc1C(=O)N1CCCCC1. The summed E-state index contributed by atoms with van der Waals surface area (Å²) in [7, 11) is 0. The van der Waals surface area contributed by atoms with Crippen LogP contribution in [-0.4, -0.2) is 34.1 Å². The van der Waals surface area contributed by atoms with Gasteiger partial charge in [0.15, 0.2) is 0 Å². The second kappa shape index (κ2) is 3.82. The van der Waals surface area contributed by atoms with Gasteiger partial charge in [0.2, 0.25) is 0 Å². The number of piperidine rings is 1. The summed E-state index contributed by atoms with van der Waals surface area (Å²) in [5, 5.41) is 6.66. The molecule has 1 fully saturated rings. The molecule has 0 aliphatic carbocycles. The molecule has 4 nitrogen and oxygen atoms in total. The van der Waals surface area contributed by atoms with Gasteiger partial charge in [0.25, 0.3) is 5.91 Å². The first-order valence-corrected chi connectivity index (χ1v) is 5.08. The molecule has 4 heteroatoms. The minimum atomic E-state index is 0.121. The number of rotatable bonds is 1. The fourth-order valence-electron chi connectivity index (χ4n) is 1.83. The van der Waals surface area contributed by atoms with Crippen molar-refractivity contribution < 1.29 is 4.79 Å². The first kappa shape index (κ1) is 9.24. The van der Waals surface area contributed by atoms with E-state index in [1.165, 1.54) is 6.42 Å². The molecule has 0 saturated carbocycles. The van der Waals surface area contributed by atoms with Crippen LogP contribution in [0.5, 0.6) is 0 Å². The van der Waals surface area contributed by atoms with Crippen molar-refractivity contribution >= 4 is 5.91 Å². The number of aromatic amines is 1. The topological polar surface area (TPSA) is 49.0 Å². The maximum atomic E-state index is 11.9. The summed E-state index contributed by atoms with van der Waals surface area (Å²) >= 11 is 0. The van der Waals surface area contributed by atoms with E-state index in [-0.39, 0.29) is 5.91 Å². The van der Waals surface area contributed by atoms with Gasteiger partial charge in [0, 0.05) is 18.8 Å². The Kier molecular flexibility index (Phi) is 2.52. The van der Waals surface area contributed by atoms with Crippen molar-refractivity contribution in [2.75, 3.05) is 13.1 Å². The van der Waals surface area contributed by atoms with Gasteiger partial charge in [0.1, 0.15) is 0 Å². The average Bonchev–Trinajstić information content (AvgIpc) is 2.65. The van der Waals surface area contributed by atoms with Crippen LogP contribution in [0.1, 0.15) is 35.3 Å². The summed E-state index contributed by atoms with van der Waals surface area (Å²) in [6.45, 7) is 3.66. The molecule has 0 radical (unpaired) electrons. The lowest BCUT2D eigenvalue weighted by Gasteiger charge is -2.26. The Labute approximate surface area is 83.3 Å². The number of aryl methyl sites for hydroxylation is 1. The maximum absolute atomic E-state index is 11.9. The third-order valence-electron chi connectivity index (χ3n) is 2.70. The zero-order valence-electron chi connectivity index (χ0n) is 8.42. The number of hydrogen-bond donors (Lipinski definition) is 1. The number of nitrogens with zero attached hydrogens (tertiary/aromatic N) is 2. The molecular weight excluding hydrogens is 178 g/mol. The van der Waals surface area contributed by atoms with Crippen LogP contribution in [0.2, 0.25) is 0 Å². The highest BCUT2D eigenvalue weighted by molar-refractivity contribution is 5.95. The van der Waals surface area contributed by atoms with Crippen LogP contribution in [0.4, 0.5) is 0 Å². The Balaban J connectivity index is 2.11. The fraction of sp³-hybridized carbons (Fsp3) is 0.600. The largest absolute Gasteiger partial charge is 0.339 e.